The summed E-state index contributed by atoms with van der Waals surface area (Å²) in [5.74, 6) is 2.19. The summed E-state index contributed by atoms with van der Waals surface area (Å²) in [5, 5.41) is 20.4. The van der Waals surface area contributed by atoms with Crippen LogP contribution in [0.25, 0.3) is 11.5 Å². The van der Waals surface area contributed by atoms with Crippen molar-refractivity contribution in [3.8, 4) is 11.6 Å². The van der Waals surface area contributed by atoms with Crippen molar-refractivity contribution < 1.29 is 9.53 Å². The monoisotopic (exact) mass is 433 g/mol. The van der Waals surface area contributed by atoms with Crippen molar-refractivity contribution in [1.82, 2.24) is 34.9 Å². The maximum atomic E-state index is 12.5. The molecule has 3 aromatic heterocycles. The van der Waals surface area contributed by atoms with Crippen LogP contribution in [0.3, 0.4) is 0 Å². The molecular weight excluding hydrogens is 406 g/mol. The van der Waals surface area contributed by atoms with Gasteiger partial charge in [0.05, 0.1) is 12.3 Å². The van der Waals surface area contributed by atoms with Crippen molar-refractivity contribution in [3.63, 3.8) is 0 Å². The predicted molar refractivity (Wildman–Crippen MR) is 120 cm³/mol. The van der Waals surface area contributed by atoms with E-state index >= 15 is 0 Å². The first kappa shape index (κ1) is 21.5. The van der Waals surface area contributed by atoms with Gasteiger partial charge < -0.3 is 10.1 Å². The molecule has 0 radical (unpaired) electrons. The van der Waals surface area contributed by atoms with Crippen LogP contribution < -0.4 is 10.1 Å². The molecule has 0 saturated carbocycles. The average molecular weight is 434 g/mol. The van der Waals surface area contributed by atoms with Crippen LogP contribution in [0.15, 0.2) is 36.4 Å². The van der Waals surface area contributed by atoms with Gasteiger partial charge in [-0.1, -0.05) is 18.2 Å². The molecule has 0 spiro atoms. The fourth-order valence-corrected chi connectivity index (χ4v) is 3.73. The van der Waals surface area contributed by atoms with Crippen LogP contribution in [0, 0.1) is 20.8 Å². The van der Waals surface area contributed by atoms with Crippen molar-refractivity contribution in [3.05, 3.63) is 64.7 Å². The number of carbonyl (C=O) groups excluding carboxylic acids is 1. The zero-order chi connectivity index (χ0) is 22.7. The summed E-state index contributed by atoms with van der Waals surface area (Å²) in [7, 11) is 0. The van der Waals surface area contributed by atoms with Crippen LogP contribution in [-0.4, -0.2) is 42.1 Å². The number of hydrogen-bond acceptors (Lipinski definition) is 6. The van der Waals surface area contributed by atoms with Crippen molar-refractivity contribution in [2.24, 2.45) is 0 Å². The summed E-state index contributed by atoms with van der Waals surface area (Å²) in [6, 6.07) is 11.5. The van der Waals surface area contributed by atoms with Crippen LogP contribution in [0.5, 0.6) is 5.75 Å². The lowest BCUT2D eigenvalue weighted by Crippen LogP contribution is -2.23. The molecule has 9 nitrogen and oxygen atoms in total. The van der Waals surface area contributed by atoms with E-state index in [1.165, 1.54) is 0 Å². The zero-order valence-electron chi connectivity index (χ0n) is 18.8. The number of ether oxygens (including phenoxy) is 1. The number of hydrogen-bond donors (Lipinski definition) is 1. The number of aryl methyl sites for hydroxylation is 2. The molecule has 0 fully saturated rings. The maximum absolute atomic E-state index is 12.5. The Bertz CT molecular complexity index is 1260. The standard InChI is InChI=1S/C23H27N7O2/c1-5-32-20-9-7-6-8-18(20)14-24-23(31)13-10-19-15(2)27-29(16(19)3)22-12-11-21-26-25-17(4)30(21)28-22/h6-9,11-12H,5,10,13-14H2,1-4H3,(H,24,31). The van der Waals surface area contributed by atoms with Gasteiger partial charge in [-0.15, -0.1) is 15.3 Å². The van der Waals surface area contributed by atoms with E-state index in [0.717, 1.165) is 28.3 Å². The van der Waals surface area contributed by atoms with E-state index in [-0.39, 0.29) is 5.91 Å². The minimum Gasteiger partial charge on any atom is -0.494 e. The third-order valence-electron chi connectivity index (χ3n) is 5.41. The number of rotatable bonds is 8. The first-order valence-electron chi connectivity index (χ1n) is 10.7. The number of carbonyl (C=O) groups is 1. The quantitative estimate of drug-likeness (QED) is 0.459. The average Bonchev–Trinajstić information content (AvgIpc) is 3.30. The summed E-state index contributed by atoms with van der Waals surface area (Å²) < 4.78 is 9.12. The van der Waals surface area contributed by atoms with Gasteiger partial charge in [0.25, 0.3) is 0 Å². The lowest BCUT2D eigenvalue weighted by Gasteiger charge is -2.11. The third kappa shape index (κ3) is 4.32. The van der Waals surface area contributed by atoms with Gasteiger partial charge in [-0.05, 0) is 57.9 Å². The second kappa shape index (κ2) is 9.17. The van der Waals surface area contributed by atoms with Gasteiger partial charge in [-0.25, -0.2) is 4.68 Å². The normalized spacial score (nSPS) is 11.1. The molecule has 1 amide bonds. The Morgan fingerprint density at radius 1 is 1.06 bits per heavy atom. The molecule has 0 saturated heterocycles. The van der Waals surface area contributed by atoms with Crippen LogP contribution in [0.2, 0.25) is 0 Å². The molecular formula is C23H27N7O2. The molecule has 0 unspecified atom stereocenters. The number of benzene rings is 1. The fraction of sp³-hybridized carbons (Fsp3) is 0.348. The molecule has 0 atom stereocenters. The summed E-state index contributed by atoms with van der Waals surface area (Å²) >= 11 is 0. The third-order valence-corrected chi connectivity index (χ3v) is 5.41. The highest BCUT2D eigenvalue weighted by Gasteiger charge is 2.16. The number of nitrogens with one attached hydrogen (secondary N) is 1. The second-order valence-electron chi connectivity index (χ2n) is 7.59. The maximum Gasteiger partial charge on any atom is 0.220 e. The molecule has 3 heterocycles. The number of aromatic nitrogens is 6. The Kier molecular flexibility index (Phi) is 6.16. The van der Waals surface area contributed by atoms with Crippen molar-refractivity contribution in [2.75, 3.05) is 6.61 Å². The van der Waals surface area contributed by atoms with Gasteiger partial charge in [-0.2, -0.15) is 9.61 Å². The summed E-state index contributed by atoms with van der Waals surface area (Å²) in [6.45, 7) is 8.78. The van der Waals surface area contributed by atoms with E-state index in [4.69, 9.17) is 4.74 Å². The smallest absolute Gasteiger partial charge is 0.220 e. The molecule has 9 heteroatoms. The minimum absolute atomic E-state index is 0.0116. The topological polar surface area (TPSA) is 99.2 Å². The summed E-state index contributed by atoms with van der Waals surface area (Å²) in [5.41, 5.74) is 4.57. The first-order chi connectivity index (χ1) is 15.5. The molecule has 0 aliphatic heterocycles. The second-order valence-corrected chi connectivity index (χ2v) is 7.59. The highest BCUT2D eigenvalue weighted by Crippen LogP contribution is 2.20. The predicted octanol–water partition coefficient (Wildman–Crippen LogP) is 2.88. The van der Waals surface area contributed by atoms with E-state index < -0.39 is 0 Å². The van der Waals surface area contributed by atoms with Crippen molar-refractivity contribution in [1.29, 1.82) is 0 Å². The first-order valence-corrected chi connectivity index (χ1v) is 10.7. The lowest BCUT2D eigenvalue weighted by atomic mass is 10.1. The summed E-state index contributed by atoms with van der Waals surface area (Å²) in [4.78, 5) is 12.5. The SMILES string of the molecule is CCOc1ccccc1CNC(=O)CCc1c(C)nn(-c2ccc3nnc(C)n3n2)c1C. The molecule has 1 N–H and O–H groups in total. The Morgan fingerprint density at radius 2 is 1.88 bits per heavy atom. The van der Waals surface area contributed by atoms with E-state index in [0.29, 0.717) is 43.3 Å². The van der Waals surface area contributed by atoms with Crippen LogP contribution >= 0.6 is 0 Å². The van der Waals surface area contributed by atoms with Gasteiger partial charge in [0.1, 0.15) is 5.75 Å². The highest BCUT2D eigenvalue weighted by atomic mass is 16.5. The molecule has 166 valence electrons. The largest absolute Gasteiger partial charge is 0.494 e. The molecule has 4 rings (SSSR count). The zero-order valence-corrected chi connectivity index (χ0v) is 18.8. The van der Waals surface area contributed by atoms with Crippen molar-refractivity contribution in [2.45, 2.75) is 47.1 Å². The number of nitrogens with zero attached hydrogens (tertiary/aromatic N) is 6. The van der Waals surface area contributed by atoms with E-state index in [1.807, 2.05) is 64.1 Å². The van der Waals surface area contributed by atoms with Gasteiger partial charge in [0.15, 0.2) is 17.3 Å². The molecule has 0 aliphatic rings. The van der Waals surface area contributed by atoms with Crippen LogP contribution in [-0.2, 0) is 17.8 Å². The number of amides is 1. The molecule has 0 bridgehead atoms. The molecule has 32 heavy (non-hydrogen) atoms. The van der Waals surface area contributed by atoms with Gasteiger partial charge in [-0.3, -0.25) is 4.79 Å². The minimum atomic E-state index is -0.0116. The Labute approximate surface area is 186 Å². The molecule has 0 aliphatic carbocycles. The molecule has 1 aromatic carbocycles. The van der Waals surface area contributed by atoms with Crippen molar-refractivity contribution >= 4 is 11.6 Å². The van der Waals surface area contributed by atoms with Crippen LogP contribution in [0.1, 0.15) is 41.7 Å². The molecule has 4 aromatic rings. The Hall–Kier alpha value is -3.75. The van der Waals surface area contributed by atoms with Gasteiger partial charge in [0.2, 0.25) is 5.91 Å². The van der Waals surface area contributed by atoms with Gasteiger partial charge in [0, 0.05) is 24.2 Å². The number of fused-ring (bicyclic) bond motifs is 1. The van der Waals surface area contributed by atoms with E-state index in [2.05, 4.69) is 25.7 Å². The van der Waals surface area contributed by atoms with Gasteiger partial charge >= 0.3 is 0 Å². The van der Waals surface area contributed by atoms with E-state index in [1.54, 1.807) is 9.20 Å². The Morgan fingerprint density at radius 3 is 2.69 bits per heavy atom. The van der Waals surface area contributed by atoms with E-state index in [9.17, 15) is 4.79 Å². The highest BCUT2D eigenvalue weighted by molar-refractivity contribution is 5.76. The Balaban J connectivity index is 1.43. The van der Waals surface area contributed by atoms with Crippen LogP contribution in [0.4, 0.5) is 0 Å². The summed E-state index contributed by atoms with van der Waals surface area (Å²) in [6.07, 6.45) is 0.978. The lowest BCUT2D eigenvalue weighted by molar-refractivity contribution is -0.121. The number of para-hydroxylation sites is 1. The fourth-order valence-electron chi connectivity index (χ4n) is 3.73.